The smallest absolute Gasteiger partial charge is 0.131 e. The Morgan fingerprint density at radius 2 is 1.44 bits per heavy atom. The van der Waals surface area contributed by atoms with Crippen molar-refractivity contribution in [2.75, 3.05) is 0 Å². The third-order valence-corrected chi connectivity index (χ3v) is 4.20. The highest BCUT2D eigenvalue weighted by molar-refractivity contribution is 7.61. The Bertz CT molecular complexity index is 479. The van der Waals surface area contributed by atoms with Gasteiger partial charge in [-0.15, -0.1) is 0 Å². The van der Waals surface area contributed by atoms with Gasteiger partial charge in [0.2, 0.25) is 0 Å². The fraction of sp³-hybridized carbons (Fsp3) is 0.0769. The molecule has 2 N–H and O–H groups in total. The van der Waals surface area contributed by atoms with Crippen molar-refractivity contribution < 1.29 is 4.57 Å². The van der Waals surface area contributed by atoms with Crippen molar-refractivity contribution in [3.8, 4) is 0 Å². The maximum absolute atomic E-state index is 12.2. The zero-order valence-corrected chi connectivity index (χ0v) is 9.89. The van der Waals surface area contributed by atoms with Gasteiger partial charge in [-0.1, -0.05) is 54.6 Å². The summed E-state index contributed by atoms with van der Waals surface area (Å²) in [6.45, 7) is 0.520. The third kappa shape index (κ3) is 2.41. The molecule has 0 fully saturated rings. The highest BCUT2D eigenvalue weighted by Gasteiger charge is 2.05. The van der Waals surface area contributed by atoms with Crippen LogP contribution in [-0.4, -0.2) is 0 Å². The normalized spacial score (nSPS) is 12.3. The van der Waals surface area contributed by atoms with Crippen LogP contribution < -0.4 is 16.3 Å². The molecule has 0 heterocycles. The van der Waals surface area contributed by atoms with Gasteiger partial charge in [-0.3, -0.25) is 0 Å². The second kappa shape index (κ2) is 5.11. The number of benzene rings is 2. The number of nitrogens with two attached hydrogens (primary N) is 1. The molecule has 0 saturated carbocycles. The summed E-state index contributed by atoms with van der Waals surface area (Å²) in [6.07, 6.45) is 0. The summed E-state index contributed by atoms with van der Waals surface area (Å²) in [5.74, 6) is 0. The molecule has 1 unspecified atom stereocenters. The molecule has 0 aromatic heterocycles. The van der Waals surface area contributed by atoms with Crippen molar-refractivity contribution in [2.24, 2.45) is 5.73 Å². The number of hydrogen-bond acceptors (Lipinski definition) is 2. The van der Waals surface area contributed by atoms with E-state index in [1.807, 2.05) is 54.6 Å². The van der Waals surface area contributed by atoms with Gasteiger partial charge in [-0.05, 0) is 5.56 Å². The number of rotatable bonds is 3. The van der Waals surface area contributed by atoms with E-state index in [9.17, 15) is 4.57 Å². The largest absolute Gasteiger partial charge is 0.326 e. The van der Waals surface area contributed by atoms with Crippen molar-refractivity contribution in [3.63, 3.8) is 0 Å². The third-order valence-electron chi connectivity index (χ3n) is 2.49. The van der Waals surface area contributed by atoms with Crippen LogP contribution in [0.3, 0.4) is 0 Å². The quantitative estimate of drug-likeness (QED) is 0.816. The van der Waals surface area contributed by atoms with E-state index in [-0.39, 0.29) is 0 Å². The van der Waals surface area contributed by atoms with E-state index in [2.05, 4.69) is 0 Å². The first-order valence-electron chi connectivity index (χ1n) is 5.20. The predicted octanol–water partition coefficient (Wildman–Crippen LogP) is 1.66. The van der Waals surface area contributed by atoms with Crippen molar-refractivity contribution >= 4 is 18.4 Å². The molecule has 0 radical (unpaired) electrons. The molecule has 2 nitrogen and oxygen atoms in total. The molecule has 1 atom stereocenters. The van der Waals surface area contributed by atoms with Crippen LogP contribution in [0.4, 0.5) is 0 Å². The number of hydrogen-bond donors (Lipinski definition) is 1. The maximum Gasteiger partial charge on any atom is 0.131 e. The second-order valence-electron chi connectivity index (χ2n) is 3.60. The first kappa shape index (κ1) is 11.1. The van der Waals surface area contributed by atoms with Gasteiger partial charge in [0.05, 0.1) is 0 Å². The van der Waals surface area contributed by atoms with Gasteiger partial charge in [-0.2, -0.15) is 0 Å². The van der Waals surface area contributed by atoms with E-state index in [4.69, 9.17) is 5.73 Å². The highest BCUT2D eigenvalue weighted by atomic mass is 31.1. The minimum Gasteiger partial charge on any atom is -0.326 e. The second-order valence-corrected chi connectivity index (χ2v) is 5.41. The van der Waals surface area contributed by atoms with Crippen LogP contribution in [0.1, 0.15) is 5.56 Å². The monoisotopic (exact) mass is 231 g/mol. The van der Waals surface area contributed by atoms with Crippen molar-refractivity contribution in [2.45, 2.75) is 6.54 Å². The van der Waals surface area contributed by atoms with E-state index in [0.717, 1.165) is 16.2 Å². The predicted molar refractivity (Wildman–Crippen MR) is 69.0 cm³/mol. The Balaban J connectivity index is 2.28. The molecule has 0 aliphatic rings. The molecule has 2 aromatic rings. The van der Waals surface area contributed by atoms with Gasteiger partial charge < -0.3 is 10.3 Å². The molecular weight excluding hydrogens is 217 g/mol. The standard InChI is InChI=1S/C13H14NOP/c14-10-11-6-8-13(9-7-11)16(15)12-4-2-1-3-5-12/h1-9,16H,10,14H2. The van der Waals surface area contributed by atoms with Gasteiger partial charge in [-0.25, -0.2) is 0 Å². The Kier molecular flexibility index (Phi) is 3.55. The van der Waals surface area contributed by atoms with E-state index in [1.54, 1.807) is 0 Å². The van der Waals surface area contributed by atoms with Crippen molar-refractivity contribution in [1.29, 1.82) is 0 Å². The molecule has 0 saturated heterocycles. The molecule has 0 aliphatic heterocycles. The van der Waals surface area contributed by atoms with Gasteiger partial charge in [0.25, 0.3) is 0 Å². The van der Waals surface area contributed by atoms with Crippen molar-refractivity contribution in [3.05, 3.63) is 60.2 Å². The lowest BCUT2D eigenvalue weighted by atomic mass is 10.2. The lowest BCUT2D eigenvalue weighted by Crippen LogP contribution is -2.06. The lowest BCUT2D eigenvalue weighted by molar-refractivity contribution is 0.598. The Morgan fingerprint density at radius 1 is 0.875 bits per heavy atom. The van der Waals surface area contributed by atoms with Gasteiger partial charge >= 0.3 is 0 Å². The summed E-state index contributed by atoms with van der Waals surface area (Å²) in [5, 5.41) is 1.78. The summed E-state index contributed by atoms with van der Waals surface area (Å²) in [6, 6.07) is 17.2. The molecule has 0 aliphatic carbocycles. The minimum absolute atomic E-state index is 0.520. The fourth-order valence-electron chi connectivity index (χ4n) is 1.55. The van der Waals surface area contributed by atoms with Crippen LogP contribution >= 0.6 is 7.80 Å². The SMILES string of the molecule is NCc1ccc([PH](=O)c2ccccc2)cc1. The van der Waals surface area contributed by atoms with Crippen LogP contribution in [0, 0.1) is 0 Å². The molecule has 2 aromatic carbocycles. The fourth-order valence-corrected chi connectivity index (χ4v) is 2.85. The highest BCUT2D eigenvalue weighted by Crippen LogP contribution is 2.18. The van der Waals surface area contributed by atoms with E-state index >= 15 is 0 Å². The molecule has 16 heavy (non-hydrogen) atoms. The molecule has 0 spiro atoms. The minimum atomic E-state index is -1.86. The van der Waals surface area contributed by atoms with E-state index < -0.39 is 7.80 Å². The summed E-state index contributed by atoms with van der Waals surface area (Å²) in [5.41, 5.74) is 6.58. The first-order valence-corrected chi connectivity index (χ1v) is 6.61. The summed E-state index contributed by atoms with van der Waals surface area (Å²) in [4.78, 5) is 0. The molecular formula is C13H14NOP. The van der Waals surface area contributed by atoms with Crippen LogP contribution in [0.25, 0.3) is 0 Å². The Morgan fingerprint density at radius 3 is 2.00 bits per heavy atom. The lowest BCUT2D eigenvalue weighted by Gasteiger charge is -2.03. The van der Waals surface area contributed by atoms with Gasteiger partial charge in [0, 0.05) is 17.2 Å². The van der Waals surface area contributed by atoms with E-state index in [0.29, 0.717) is 6.54 Å². The first-order chi connectivity index (χ1) is 7.81. The van der Waals surface area contributed by atoms with E-state index in [1.165, 1.54) is 0 Å². The topological polar surface area (TPSA) is 43.1 Å². The molecule has 2 rings (SSSR count). The summed E-state index contributed by atoms with van der Waals surface area (Å²) in [7, 11) is -1.86. The average molecular weight is 231 g/mol. The maximum atomic E-state index is 12.2. The zero-order valence-electron chi connectivity index (χ0n) is 8.89. The summed E-state index contributed by atoms with van der Waals surface area (Å²) < 4.78 is 12.2. The Labute approximate surface area is 95.9 Å². The van der Waals surface area contributed by atoms with Crippen LogP contribution in [0.5, 0.6) is 0 Å². The van der Waals surface area contributed by atoms with Crippen LogP contribution in [0.2, 0.25) is 0 Å². The van der Waals surface area contributed by atoms with Crippen molar-refractivity contribution in [1.82, 2.24) is 0 Å². The molecule has 3 heteroatoms. The molecule has 82 valence electrons. The van der Waals surface area contributed by atoms with Crippen LogP contribution in [-0.2, 0) is 11.1 Å². The molecule has 0 amide bonds. The van der Waals surface area contributed by atoms with Crippen LogP contribution in [0.15, 0.2) is 54.6 Å². The zero-order chi connectivity index (χ0) is 11.4. The molecule has 0 bridgehead atoms. The van der Waals surface area contributed by atoms with Gasteiger partial charge in [0.1, 0.15) is 7.80 Å². The Hall–Kier alpha value is -1.37. The summed E-state index contributed by atoms with van der Waals surface area (Å²) >= 11 is 0. The van der Waals surface area contributed by atoms with Gasteiger partial charge in [0.15, 0.2) is 0 Å². The average Bonchev–Trinajstić information content (AvgIpc) is 2.39.